The Hall–Kier alpha value is 0.240. The van der Waals surface area contributed by atoms with Gasteiger partial charge in [0.05, 0.1) is 18.1 Å². The molecule has 3 unspecified atom stereocenters. The number of aryl methyl sites for hydroxylation is 1. The summed E-state index contributed by atoms with van der Waals surface area (Å²) < 4.78 is 20.2. The highest BCUT2D eigenvalue weighted by molar-refractivity contribution is 7.07. The Morgan fingerprint density at radius 1 is 0.848 bits per heavy atom. The molecule has 1 aromatic rings. The molecular formula is C27H52INO3S. The molecule has 0 fully saturated rings. The van der Waals surface area contributed by atoms with E-state index in [0.717, 1.165) is 38.8 Å². The van der Waals surface area contributed by atoms with Gasteiger partial charge in [-0.3, -0.25) is 0 Å². The number of rotatable bonds is 23. The first-order chi connectivity index (χ1) is 15.7. The summed E-state index contributed by atoms with van der Waals surface area (Å²) in [5.41, 5.74) is 2.15. The van der Waals surface area contributed by atoms with Gasteiger partial charge in [-0.25, -0.2) is 0 Å². The molecular weight excluding hydrogens is 545 g/mol. The van der Waals surface area contributed by atoms with Gasteiger partial charge in [0.2, 0.25) is 5.51 Å². The predicted molar refractivity (Wildman–Crippen MR) is 136 cm³/mol. The fraction of sp³-hybridized carbons (Fsp3) is 0.889. The lowest BCUT2D eigenvalue weighted by atomic mass is 10.0. The number of hydrogen-bond donors (Lipinski definition) is 0. The molecule has 0 saturated carbocycles. The molecule has 33 heavy (non-hydrogen) atoms. The smallest absolute Gasteiger partial charge is 0.224 e. The van der Waals surface area contributed by atoms with E-state index in [1.807, 2.05) is 6.92 Å². The van der Waals surface area contributed by atoms with Crippen molar-refractivity contribution in [1.29, 1.82) is 0 Å². The molecule has 0 aliphatic rings. The van der Waals surface area contributed by atoms with Crippen LogP contribution >= 0.6 is 11.3 Å². The number of methoxy groups -OCH3 is 1. The van der Waals surface area contributed by atoms with E-state index in [4.69, 9.17) is 14.2 Å². The average Bonchev–Trinajstić information content (AvgIpc) is 3.33. The first-order valence-corrected chi connectivity index (χ1v) is 14.4. The van der Waals surface area contributed by atoms with Crippen LogP contribution in [-0.2, 0) is 20.8 Å². The lowest BCUT2D eigenvalue weighted by molar-refractivity contribution is -0.692. The second-order valence-corrected chi connectivity index (χ2v) is 9.90. The van der Waals surface area contributed by atoms with E-state index in [0.29, 0.717) is 0 Å². The zero-order valence-corrected chi connectivity index (χ0v) is 24.9. The van der Waals surface area contributed by atoms with Gasteiger partial charge in [0.25, 0.3) is 0 Å². The molecule has 1 heterocycles. The lowest BCUT2D eigenvalue weighted by Gasteiger charge is -2.28. The summed E-state index contributed by atoms with van der Waals surface area (Å²) in [4.78, 5) is 0. The Kier molecular flexibility index (Phi) is 24.1. The van der Waals surface area contributed by atoms with Crippen molar-refractivity contribution in [3.63, 3.8) is 0 Å². The maximum absolute atomic E-state index is 6.35. The maximum Gasteiger partial charge on any atom is 0.224 e. The van der Waals surface area contributed by atoms with Crippen molar-refractivity contribution in [1.82, 2.24) is 0 Å². The van der Waals surface area contributed by atoms with Crippen LogP contribution in [0.2, 0.25) is 0 Å². The molecule has 0 saturated heterocycles. The van der Waals surface area contributed by atoms with Crippen molar-refractivity contribution in [2.45, 2.75) is 142 Å². The minimum atomic E-state index is -0.272. The molecule has 3 atom stereocenters. The molecule has 0 amide bonds. The second-order valence-electron chi connectivity index (χ2n) is 9.14. The fourth-order valence-electron chi connectivity index (χ4n) is 3.98. The molecule has 1 rings (SSSR count). The van der Waals surface area contributed by atoms with Crippen LogP contribution in [0.15, 0.2) is 17.1 Å². The Morgan fingerprint density at radius 3 is 2.03 bits per heavy atom. The minimum Gasteiger partial charge on any atom is -1.00 e. The summed E-state index contributed by atoms with van der Waals surface area (Å²) in [6, 6.07) is 0. The monoisotopic (exact) mass is 597 g/mol. The molecule has 0 N–H and O–H groups in total. The normalized spacial score (nSPS) is 14.1. The number of nitrogens with zero attached hydrogens (tertiary/aromatic N) is 1. The van der Waals surface area contributed by atoms with Crippen LogP contribution in [0.25, 0.3) is 0 Å². The Bertz CT molecular complexity index is 504. The van der Waals surface area contributed by atoms with E-state index in [9.17, 15) is 0 Å². The first kappa shape index (κ1) is 33.2. The minimum absolute atomic E-state index is 0. The molecule has 0 spiro atoms. The van der Waals surface area contributed by atoms with Crippen LogP contribution < -0.4 is 28.5 Å². The van der Waals surface area contributed by atoms with E-state index >= 15 is 0 Å². The molecule has 196 valence electrons. The van der Waals surface area contributed by atoms with Crippen LogP contribution in [0, 0.1) is 0 Å². The summed E-state index contributed by atoms with van der Waals surface area (Å²) >= 11 is 1.74. The number of thiazole rings is 1. The molecule has 4 nitrogen and oxygen atoms in total. The summed E-state index contributed by atoms with van der Waals surface area (Å²) in [6.45, 7) is 8.32. The van der Waals surface area contributed by atoms with Gasteiger partial charge in [-0.2, -0.15) is 4.57 Å². The third kappa shape index (κ3) is 18.2. The van der Waals surface area contributed by atoms with Crippen LogP contribution in [0.5, 0.6) is 0 Å². The summed E-state index contributed by atoms with van der Waals surface area (Å²) in [7, 11) is 1.74. The number of aromatic nitrogens is 1. The summed E-state index contributed by atoms with van der Waals surface area (Å²) in [6.07, 6.45) is 21.6. The third-order valence-corrected chi connectivity index (χ3v) is 6.96. The summed E-state index contributed by atoms with van der Waals surface area (Å²) in [5, 5.41) is 2.11. The average molecular weight is 598 g/mol. The standard InChI is InChI=1S/C27H52NO3S.HI/c1-5-7-8-9-10-11-12-13-14-15-16-19-26(6-2)31-27(25(3)29-4)30-22-18-17-20-28-21-23-32-24-28;/h21,23-27H,5-20,22H2,1-4H3;1H/q+1;/p-1. The van der Waals surface area contributed by atoms with E-state index in [2.05, 4.69) is 35.5 Å². The first-order valence-electron chi connectivity index (χ1n) is 13.4. The Labute approximate surface area is 226 Å². The zero-order valence-electron chi connectivity index (χ0n) is 21.9. The highest BCUT2D eigenvalue weighted by Gasteiger charge is 2.22. The topological polar surface area (TPSA) is 31.6 Å². The second kappa shape index (κ2) is 24.0. The van der Waals surface area contributed by atoms with Crippen LogP contribution in [0.1, 0.15) is 117 Å². The Morgan fingerprint density at radius 2 is 1.48 bits per heavy atom. The van der Waals surface area contributed by atoms with Gasteiger partial charge in [0.15, 0.2) is 12.5 Å². The highest BCUT2D eigenvalue weighted by Crippen LogP contribution is 2.18. The number of hydrogen-bond acceptors (Lipinski definition) is 4. The van der Waals surface area contributed by atoms with Gasteiger partial charge in [-0.15, -0.1) is 0 Å². The molecule has 0 bridgehead atoms. The zero-order chi connectivity index (χ0) is 23.3. The molecule has 0 aromatic carbocycles. The van der Waals surface area contributed by atoms with Crippen molar-refractivity contribution in [2.24, 2.45) is 0 Å². The van der Waals surface area contributed by atoms with E-state index in [1.165, 1.54) is 70.6 Å². The van der Waals surface area contributed by atoms with Crippen molar-refractivity contribution >= 4 is 11.3 Å². The lowest BCUT2D eigenvalue weighted by Crippen LogP contribution is -3.00. The van der Waals surface area contributed by atoms with E-state index in [1.54, 1.807) is 18.4 Å². The van der Waals surface area contributed by atoms with Crippen LogP contribution in [-0.4, -0.2) is 32.2 Å². The van der Waals surface area contributed by atoms with Crippen molar-refractivity contribution in [3.05, 3.63) is 17.1 Å². The SMILES string of the molecule is CCCCCCCCCCCCCC(CC)OC(OCCCC[n+]1ccsc1)C(C)OC.[I-]. The molecule has 1 aromatic heterocycles. The van der Waals surface area contributed by atoms with Crippen molar-refractivity contribution < 1.29 is 42.8 Å². The third-order valence-electron chi connectivity index (χ3n) is 6.29. The van der Waals surface area contributed by atoms with Crippen LogP contribution in [0.3, 0.4) is 0 Å². The van der Waals surface area contributed by atoms with Gasteiger partial charge in [-0.05, 0) is 26.2 Å². The fourth-order valence-corrected chi connectivity index (χ4v) is 4.60. The largest absolute Gasteiger partial charge is 1.00 e. The number of unbranched alkanes of at least 4 members (excludes halogenated alkanes) is 11. The predicted octanol–water partition coefficient (Wildman–Crippen LogP) is 4.69. The molecule has 0 radical (unpaired) electrons. The highest BCUT2D eigenvalue weighted by atomic mass is 127. The van der Waals surface area contributed by atoms with E-state index in [-0.39, 0.29) is 42.5 Å². The summed E-state index contributed by atoms with van der Waals surface area (Å²) in [5.74, 6) is 0. The van der Waals surface area contributed by atoms with E-state index < -0.39 is 0 Å². The molecule has 6 heteroatoms. The van der Waals surface area contributed by atoms with Gasteiger partial charge < -0.3 is 38.2 Å². The Balaban J connectivity index is 0.0000102. The quantitative estimate of drug-likeness (QED) is 0.0794. The van der Waals surface area contributed by atoms with Gasteiger partial charge in [-0.1, -0.05) is 95.8 Å². The van der Waals surface area contributed by atoms with Gasteiger partial charge in [0.1, 0.15) is 12.6 Å². The molecule has 0 aliphatic carbocycles. The van der Waals surface area contributed by atoms with Crippen molar-refractivity contribution in [3.8, 4) is 0 Å². The van der Waals surface area contributed by atoms with Crippen molar-refractivity contribution in [2.75, 3.05) is 13.7 Å². The number of halogens is 1. The van der Waals surface area contributed by atoms with Crippen LogP contribution in [0.4, 0.5) is 0 Å². The number of ether oxygens (including phenoxy) is 3. The molecule has 0 aliphatic heterocycles. The van der Waals surface area contributed by atoms with Gasteiger partial charge in [0, 0.05) is 13.5 Å². The maximum atomic E-state index is 6.35. The van der Waals surface area contributed by atoms with Gasteiger partial charge >= 0.3 is 0 Å².